The lowest BCUT2D eigenvalue weighted by molar-refractivity contribution is 0.0514. The zero-order valence-corrected chi connectivity index (χ0v) is 25.1. The average molecular weight is 603 g/mol. The second-order valence-electron chi connectivity index (χ2n) is 10.5. The topological polar surface area (TPSA) is 148 Å². The summed E-state index contributed by atoms with van der Waals surface area (Å²) in [6.45, 7) is 7.71. The molecule has 1 amide bonds. The van der Waals surface area contributed by atoms with Crippen molar-refractivity contribution in [2.45, 2.75) is 44.3 Å². The maximum absolute atomic E-state index is 13.2. The number of likely N-dealkylation sites (N-methyl/N-ethyl adjacent to an activating group) is 1. The van der Waals surface area contributed by atoms with Gasteiger partial charge in [-0.3, -0.25) is 4.79 Å². The number of amides is 1. The van der Waals surface area contributed by atoms with E-state index in [4.69, 9.17) is 23.7 Å². The summed E-state index contributed by atoms with van der Waals surface area (Å²) in [6, 6.07) is 10.5. The fourth-order valence-corrected chi connectivity index (χ4v) is 5.17. The van der Waals surface area contributed by atoms with E-state index >= 15 is 0 Å². The van der Waals surface area contributed by atoms with Crippen LogP contribution in [-0.2, 0) is 19.5 Å². The molecule has 0 radical (unpaired) electrons. The number of nitrogens with one attached hydrogen (secondary N) is 1. The molecule has 3 aromatic rings. The largest absolute Gasteiger partial charge is 0.491 e. The first kappa shape index (κ1) is 30.8. The van der Waals surface area contributed by atoms with Gasteiger partial charge >= 0.3 is 6.09 Å². The van der Waals surface area contributed by atoms with Gasteiger partial charge in [0.05, 0.1) is 6.61 Å². The minimum absolute atomic E-state index is 0.0335. The molecule has 1 aliphatic heterocycles. The Kier molecular flexibility index (Phi) is 9.09. The van der Waals surface area contributed by atoms with Crippen LogP contribution in [0.4, 0.5) is 10.6 Å². The van der Waals surface area contributed by atoms with Gasteiger partial charge in [0.15, 0.2) is 5.82 Å². The molecule has 14 heteroatoms. The number of hydrogen-bond donors (Lipinski definition) is 1. The summed E-state index contributed by atoms with van der Waals surface area (Å²) in [6.07, 6.45) is 0.349. The van der Waals surface area contributed by atoms with Gasteiger partial charge in [-0.1, -0.05) is 0 Å². The smallest absolute Gasteiger partial charge is 0.435 e. The van der Waals surface area contributed by atoms with Gasteiger partial charge in [-0.25, -0.2) is 13.2 Å². The highest BCUT2D eigenvalue weighted by molar-refractivity contribution is 7.89. The lowest BCUT2D eigenvalue weighted by Crippen LogP contribution is -2.28. The van der Waals surface area contributed by atoms with Crippen molar-refractivity contribution < 1.29 is 41.7 Å². The number of nitrogens with zero attached hydrogens (tertiary/aromatic N) is 3. The standard InChI is InChI=1S/C28H34N4O9S/c1-18(17-37-6)39-21-13-19(26(33)29-25-9-10-32(30-25)27(34)41-28(2,3)4)14-22(15-21)40-20-7-8-24-23(16-20)38-12-11-31(5)42(24,35)36/h7-10,13-16,18H,11-12,17H2,1-6H3,(H,29,30,33)/t18-/m0/s1. The van der Waals surface area contributed by atoms with Gasteiger partial charge in [-0.2, -0.15) is 8.99 Å². The van der Waals surface area contributed by atoms with Crippen LogP contribution < -0.4 is 19.5 Å². The van der Waals surface area contributed by atoms with Gasteiger partial charge in [-0.15, -0.1) is 5.10 Å². The number of fused-ring (bicyclic) bond motifs is 1. The fraction of sp³-hybridized carbons (Fsp3) is 0.393. The van der Waals surface area contributed by atoms with Gasteiger partial charge in [0, 0.05) is 50.7 Å². The maximum Gasteiger partial charge on any atom is 0.435 e. The molecule has 0 unspecified atom stereocenters. The first-order valence-electron chi connectivity index (χ1n) is 13.1. The summed E-state index contributed by atoms with van der Waals surface area (Å²) >= 11 is 0. The summed E-state index contributed by atoms with van der Waals surface area (Å²) in [7, 11) is -0.664. The lowest BCUT2D eigenvalue weighted by atomic mass is 10.2. The van der Waals surface area contributed by atoms with Crippen LogP contribution >= 0.6 is 0 Å². The van der Waals surface area contributed by atoms with Crippen molar-refractivity contribution in [1.82, 2.24) is 14.1 Å². The number of ether oxygens (including phenoxy) is 5. The summed E-state index contributed by atoms with van der Waals surface area (Å²) < 4.78 is 55.8. The fourth-order valence-electron chi connectivity index (χ4n) is 3.91. The molecule has 0 bridgehead atoms. The normalized spacial score (nSPS) is 15.5. The van der Waals surface area contributed by atoms with Crippen LogP contribution in [0.3, 0.4) is 0 Å². The third-order valence-electron chi connectivity index (χ3n) is 5.79. The molecule has 226 valence electrons. The van der Waals surface area contributed by atoms with Crippen molar-refractivity contribution in [3.05, 3.63) is 54.2 Å². The Morgan fingerprint density at radius 1 is 1.10 bits per heavy atom. The van der Waals surface area contributed by atoms with Gasteiger partial charge in [0.2, 0.25) is 10.0 Å². The molecular weight excluding hydrogens is 568 g/mol. The van der Waals surface area contributed by atoms with E-state index in [9.17, 15) is 18.0 Å². The number of carbonyl (C=O) groups excluding carboxylic acids is 2. The number of rotatable bonds is 8. The molecule has 4 rings (SSSR count). The van der Waals surface area contributed by atoms with Gasteiger partial charge in [0.1, 0.15) is 46.2 Å². The molecule has 1 N–H and O–H groups in total. The zero-order chi connectivity index (χ0) is 30.7. The molecule has 1 aromatic heterocycles. The Hall–Kier alpha value is -4.14. The SMILES string of the molecule is COC[C@H](C)Oc1cc(Oc2ccc3c(c2)OCCN(C)S3(=O)=O)cc(C(=O)Nc2ccn(C(=O)OC(C)(C)C)n2)c1. The lowest BCUT2D eigenvalue weighted by Gasteiger charge is -2.18. The molecule has 0 fully saturated rings. The molecule has 0 aliphatic carbocycles. The van der Waals surface area contributed by atoms with Crippen molar-refractivity contribution in [1.29, 1.82) is 0 Å². The van der Waals surface area contributed by atoms with Crippen LogP contribution in [-0.4, -0.2) is 80.1 Å². The van der Waals surface area contributed by atoms with Crippen LogP contribution in [0.1, 0.15) is 38.1 Å². The zero-order valence-electron chi connectivity index (χ0n) is 24.2. The minimum Gasteiger partial charge on any atom is -0.491 e. The summed E-state index contributed by atoms with van der Waals surface area (Å²) in [5, 5.41) is 6.72. The molecule has 1 aliphatic rings. The highest BCUT2D eigenvalue weighted by Crippen LogP contribution is 2.35. The molecule has 0 saturated carbocycles. The Balaban J connectivity index is 1.59. The highest BCUT2D eigenvalue weighted by atomic mass is 32.2. The minimum atomic E-state index is -3.70. The monoisotopic (exact) mass is 602 g/mol. The van der Waals surface area contributed by atoms with Crippen molar-refractivity contribution in [3.8, 4) is 23.0 Å². The number of hydrogen-bond acceptors (Lipinski definition) is 10. The number of aromatic nitrogens is 2. The predicted octanol–water partition coefficient (Wildman–Crippen LogP) is 4.14. The van der Waals surface area contributed by atoms with Crippen LogP contribution in [0.5, 0.6) is 23.0 Å². The first-order chi connectivity index (χ1) is 19.7. The van der Waals surface area contributed by atoms with E-state index in [0.717, 1.165) is 4.68 Å². The Labute approximate surface area is 244 Å². The van der Waals surface area contributed by atoms with Crippen molar-refractivity contribution in [2.24, 2.45) is 0 Å². The van der Waals surface area contributed by atoms with Crippen molar-refractivity contribution in [3.63, 3.8) is 0 Å². The molecule has 1 atom stereocenters. The quantitative estimate of drug-likeness (QED) is 0.399. The summed E-state index contributed by atoms with van der Waals surface area (Å²) in [4.78, 5) is 25.5. The molecule has 2 aromatic carbocycles. The third kappa shape index (κ3) is 7.57. The van der Waals surface area contributed by atoms with E-state index in [-0.39, 0.29) is 52.8 Å². The van der Waals surface area contributed by atoms with Crippen molar-refractivity contribution >= 4 is 27.8 Å². The summed E-state index contributed by atoms with van der Waals surface area (Å²) in [5.74, 6) is 0.612. The summed E-state index contributed by atoms with van der Waals surface area (Å²) in [5.41, 5.74) is -0.536. The van der Waals surface area contributed by atoms with E-state index in [1.165, 1.54) is 53.9 Å². The third-order valence-corrected chi connectivity index (χ3v) is 7.69. The molecule has 2 heterocycles. The Bertz CT molecular complexity index is 1560. The molecule has 0 spiro atoms. The van der Waals surface area contributed by atoms with Crippen LogP contribution in [0.25, 0.3) is 0 Å². The number of anilines is 1. The van der Waals surface area contributed by atoms with E-state index in [1.807, 2.05) is 0 Å². The number of methoxy groups -OCH3 is 1. The van der Waals surface area contributed by atoms with E-state index in [2.05, 4.69) is 10.4 Å². The maximum atomic E-state index is 13.2. The van der Waals surface area contributed by atoms with Gasteiger partial charge in [0.25, 0.3) is 5.91 Å². The van der Waals surface area contributed by atoms with Crippen LogP contribution in [0, 0.1) is 0 Å². The Morgan fingerprint density at radius 3 is 2.55 bits per heavy atom. The molecule has 13 nitrogen and oxygen atoms in total. The average Bonchev–Trinajstić information content (AvgIpc) is 3.32. The Morgan fingerprint density at radius 2 is 1.83 bits per heavy atom. The van der Waals surface area contributed by atoms with Crippen LogP contribution in [0.15, 0.2) is 53.6 Å². The first-order valence-corrected chi connectivity index (χ1v) is 14.5. The molecule has 0 saturated heterocycles. The van der Waals surface area contributed by atoms with Gasteiger partial charge in [-0.05, 0) is 52.0 Å². The predicted molar refractivity (Wildman–Crippen MR) is 152 cm³/mol. The van der Waals surface area contributed by atoms with E-state index < -0.39 is 27.6 Å². The van der Waals surface area contributed by atoms with Gasteiger partial charge < -0.3 is 29.0 Å². The van der Waals surface area contributed by atoms with Crippen LogP contribution in [0.2, 0.25) is 0 Å². The van der Waals surface area contributed by atoms with E-state index in [1.54, 1.807) is 40.9 Å². The highest BCUT2D eigenvalue weighted by Gasteiger charge is 2.28. The second-order valence-corrected chi connectivity index (χ2v) is 12.6. The molecular formula is C28H34N4O9S. The number of carbonyl (C=O) groups is 2. The second kappa shape index (κ2) is 12.4. The molecule has 42 heavy (non-hydrogen) atoms. The number of benzene rings is 2. The number of sulfonamides is 1. The van der Waals surface area contributed by atoms with Crippen molar-refractivity contribution in [2.75, 3.05) is 39.2 Å². The van der Waals surface area contributed by atoms with E-state index in [0.29, 0.717) is 12.4 Å².